The van der Waals surface area contributed by atoms with Crippen molar-refractivity contribution in [2.24, 2.45) is 11.3 Å². The molecule has 0 aliphatic carbocycles. The van der Waals surface area contributed by atoms with Gasteiger partial charge < -0.3 is 14.6 Å². The van der Waals surface area contributed by atoms with E-state index in [4.69, 9.17) is 9.47 Å². The second-order valence-corrected chi connectivity index (χ2v) is 14.6. The fraction of sp³-hybridized carbons (Fsp3) is 0.758. The van der Waals surface area contributed by atoms with Gasteiger partial charge in [0.1, 0.15) is 5.75 Å². The van der Waals surface area contributed by atoms with E-state index in [2.05, 4.69) is 0 Å². The number of carbonyl (C=O) groups excluding carboxylic acids is 2. The van der Waals surface area contributed by atoms with Crippen molar-refractivity contribution in [2.75, 3.05) is 13.2 Å². The van der Waals surface area contributed by atoms with E-state index in [0.29, 0.717) is 16.7 Å². The highest BCUT2D eigenvalue weighted by Gasteiger charge is 2.83. The van der Waals surface area contributed by atoms with Crippen LogP contribution in [0.3, 0.4) is 0 Å². The van der Waals surface area contributed by atoms with Crippen LogP contribution in [-0.2, 0) is 36.3 Å². The molecule has 0 saturated carbocycles. The second kappa shape index (κ2) is 15.0. The molecular formula is C33H46F10O5. The number of aryl methyl sites for hydroxylation is 1. The molecule has 48 heavy (non-hydrogen) atoms. The summed E-state index contributed by atoms with van der Waals surface area (Å²) >= 11 is 0. The van der Waals surface area contributed by atoms with E-state index in [1.807, 2.05) is 41.5 Å². The number of hydrogen-bond donors (Lipinski definition) is 1. The average Bonchev–Trinajstić information content (AvgIpc) is 2.93. The first kappa shape index (κ1) is 43.3. The van der Waals surface area contributed by atoms with Gasteiger partial charge in [-0.05, 0) is 67.1 Å². The van der Waals surface area contributed by atoms with E-state index < -0.39 is 90.3 Å². The molecule has 0 heterocycles. The number of hydrogen-bond acceptors (Lipinski definition) is 5. The zero-order chi connectivity index (χ0) is 37.9. The molecule has 1 rings (SSSR count). The predicted molar refractivity (Wildman–Crippen MR) is 158 cm³/mol. The number of phenols is 1. The van der Waals surface area contributed by atoms with Crippen molar-refractivity contribution in [3.63, 3.8) is 0 Å². The Labute approximate surface area is 274 Å². The second-order valence-electron chi connectivity index (χ2n) is 14.6. The van der Waals surface area contributed by atoms with Crippen molar-refractivity contribution in [3.05, 3.63) is 28.8 Å². The Morgan fingerprint density at radius 2 is 1.15 bits per heavy atom. The van der Waals surface area contributed by atoms with Gasteiger partial charge in [-0.2, -0.15) is 35.1 Å². The highest BCUT2D eigenvalue weighted by molar-refractivity contribution is 5.75. The summed E-state index contributed by atoms with van der Waals surface area (Å²) in [5.74, 6) is -32.0. The smallest absolute Gasteiger partial charge is 0.384 e. The molecule has 0 radical (unpaired) electrons. The Kier molecular flexibility index (Phi) is 13.5. The van der Waals surface area contributed by atoms with E-state index in [1.54, 1.807) is 19.1 Å². The first-order valence-electron chi connectivity index (χ1n) is 15.4. The average molecular weight is 713 g/mol. The normalized spacial score (nSPS) is 14.7. The van der Waals surface area contributed by atoms with Gasteiger partial charge in [0.05, 0.1) is 18.6 Å². The van der Waals surface area contributed by atoms with E-state index in [9.17, 15) is 49.8 Å². The lowest BCUT2D eigenvalue weighted by molar-refractivity contribution is -0.392. The minimum absolute atomic E-state index is 0.0288. The standard InChI is InChI=1S/C33H46F10O5/c1-10-29(8,9)26(46)48-16-14-20(30(36,37)32(40,41)33(42,43)31(38,39)25(34)35)13-15-47-23(44)12-11-19-17-21(27(2,3)4)24(45)22(18-19)28(5,6)7/h17-18,20,25,45H,10-16H2,1-9H3. The molecular weight excluding hydrogens is 666 g/mol. The Bertz CT molecular complexity index is 1230. The van der Waals surface area contributed by atoms with Gasteiger partial charge >= 0.3 is 42.1 Å². The predicted octanol–water partition coefficient (Wildman–Crippen LogP) is 9.65. The van der Waals surface area contributed by atoms with E-state index in [1.165, 1.54) is 13.8 Å². The lowest BCUT2D eigenvalue weighted by Crippen LogP contribution is -2.66. The fourth-order valence-corrected chi connectivity index (χ4v) is 4.57. The molecule has 1 aromatic carbocycles. The van der Waals surface area contributed by atoms with Crippen molar-refractivity contribution >= 4 is 11.9 Å². The number of halogens is 10. The monoisotopic (exact) mass is 712 g/mol. The molecule has 0 amide bonds. The number of phenolic OH excluding ortho intramolecular Hbond substituents is 1. The summed E-state index contributed by atoms with van der Waals surface area (Å²) in [6.45, 7) is 13.4. The maximum atomic E-state index is 15.1. The Hall–Kier alpha value is -2.74. The van der Waals surface area contributed by atoms with Crippen LogP contribution in [0, 0.1) is 11.3 Å². The van der Waals surface area contributed by atoms with Crippen LogP contribution in [0.4, 0.5) is 43.9 Å². The van der Waals surface area contributed by atoms with E-state index in [-0.39, 0.29) is 25.0 Å². The Morgan fingerprint density at radius 1 is 0.729 bits per heavy atom. The van der Waals surface area contributed by atoms with Crippen LogP contribution in [0.25, 0.3) is 0 Å². The summed E-state index contributed by atoms with van der Waals surface area (Å²) < 4.78 is 149. The molecule has 0 saturated heterocycles. The zero-order valence-electron chi connectivity index (χ0n) is 28.6. The molecule has 5 nitrogen and oxygen atoms in total. The van der Waals surface area contributed by atoms with Gasteiger partial charge in [0, 0.05) is 12.3 Å². The summed E-state index contributed by atoms with van der Waals surface area (Å²) in [6.07, 6.45) is -8.13. The summed E-state index contributed by atoms with van der Waals surface area (Å²) in [7, 11) is 0. The maximum Gasteiger partial charge on any atom is 0.384 e. The largest absolute Gasteiger partial charge is 0.507 e. The summed E-state index contributed by atoms with van der Waals surface area (Å²) in [5, 5.41) is 10.9. The molecule has 0 aliphatic rings. The van der Waals surface area contributed by atoms with Crippen LogP contribution in [0.2, 0.25) is 0 Å². The maximum absolute atomic E-state index is 15.1. The van der Waals surface area contributed by atoms with Gasteiger partial charge in [0.15, 0.2) is 0 Å². The Morgan fingerprint density at radius 3 is 1.54 bits per heavy atom. The Balaban J connectivity index is 3.23. The quantitative estimate of drug-likeness (QED) is 0.137. The molecule has 1 N–H and O–H groups in total. The van der Waals surface area contributed by atoms with Crippen molar-refractivity contribution in [3.8, 4) is 5.75 Å². The molecule has 0 bridgehead atoms. The first-order valence-corrected chi connectivity index (χ1v) is 15.4. The highest BCUT2D eigenvalue weighted by atomic mass is 19.4. The topological polar surface area (TPSA) is 72.8 Å². The van der Waals surface area contributed by atoms with Crippen molar-refractivity contribution in [1.29, 1.82) is 0 Å². The molecule has 0 aromatic heterocycles. The van der Waals surface area contributed by atoms with E-state index in [0.717, 1.165) is 0 Å². The molecule has 0 spiro atoms. The number of esters is 2. The number of ether oxygens (including phenoxy) is 2. The van der Waals surface area contributed by atoms with Gasteiger partial charge in [0.2, 0.25) is 0 Å². The van der Waals surface area contributed by atoms with Gasteiger partial charge in [-0.1, -0.05) is 60.6 Å². The third-order valence-electron chi connectivity index (χ3n) is 8.29. The van der Waals surface area contributed by atoms with Crippen molar-refractivity contribution in [2.45, 2.75) is 135 Å². The fourth-order valence-electron chi connectivity index (χ4n) is 4.57. The van der Waals surface area contributed by atoms with Crippen LogP contribution in [0.1, 0.15) is 105 Å². The molecule has 1 atom stereocenters. The third-order valence-corrected chi connectivity index (χ3v) is 8.29. The van der Waals surface area contributed by atoms with Crippen LogP contribution in [0.5, 0.6) is 5.75 Å². The number of rotatable bonds is 16. The molecule has 278 valence electrons. The lowest BCUT2D eigenvalue weighted by atomic mass is 9.78. The molecule has 1 aromatic rings. The first-order chi connectivity index (χ1) is 21.4. The van der Waals surface area contributed by atoms with Crippen LogP contribution < -0.4 is 0 Å². The number of benzene rings is 1. The minimum Gasteiger partial charge on any atom is -0.507 e. The summed E-state index contributed by atoms with van der Waals surface area (Å²) in [4.78, 5) is 24.7. The minimum atomic E-state index is -7.20. The third kappa shape index (κ3) is 9.48. The number of carbonyl (C=O) groups is 2. The van der Waals surface area contributed by atoms with Gasteiger partial charge in [-0.15, -0.1) is 0 Å². The summed E-state index contributed by atoms with van der Waals surface area (Å²) in [6, 6.07) is 3.35. The van der Waals surface area contributed by atoms with Crippen LogP contribution in [0.15, 0.2) is 12.1 Å². The van der Waals surface area contributed by atoms with Crippen LogP contribution in [-0.4, -0.2) is 60.4 Å². The van der Waals surface area contributed by atoms with Gasteiger partial charge in [-0.3, -0.25) is 9.59 Å². The summed E-state index contributed by atoms with van der Waals surface area (Å²) in [5.41, 5.74) is -0.382. The van der Waals surface area contributed by atoms with Crippen LogP contribution >= 0.6 is 0 Å². The van der Waals surface area contributed by atoms with Crippen molar-refractivity contribution in [1.82, 2.24) is 0 Å². The van der Waals surface area contributed by atoms with Gasteiger partial charge in [-0.25, -0.2) is 8.78 Å². The molecule has 0 fully saturated rings. The number of aromatic hydroxyl groups is 1. The number of alkyl halides is 10. The lowest BCUT2D eigenvalue weighted by Gasteiger charge is -2.39. The van der Waals surface area contributed by atoms with E-state index >= 15 is 8.78 Å². The molecule has 1 unspecified atom stereocenters. The zero-order valence-corrected chi connectivity index (χ0v) is 28.6. The van der Waals surface area contributed by atoms with Crippen molar-refractivity contribution < 1.29 is 68.1 Å². The SMILES string of the molecule is CCC(C)(C)C(=O)OCCC(CCOC(=O)CCc1cc(C(C)(C)C)c(O)c(C(C)(C)C)c1)C(F)(F)C(F)(F)C(F)(F)C(F)(F)C(F)F. The van der Waals surface area contributed by atoms with Gasteiger partial charge in [0.25, 0.3) is 0 Å². The molecule has 0 aliphatic heterocycles. The highest BCUT2D eigenvalue weighted by Crippen LogP contribution is 2.57. The molecule has 15 heteroatoms.